The minimum atomic E-state index is -0.343. The Bertz CT molecular complexity index is 142. The fraction of sp³-hybridized carbons (Fsp3) is 0.800. The molecule has 0 rings (SSSR count). The van der Waals surface area contributed by atoms with Crippen LogP contribution in [0.3, 0.4) is 0 Å². The van der Waals surface area contributed by atoms with Crippen LogP contribution >= 0.6 is 0 Å². The molecule has 0 heterocycles. The monoisotopic (exact) mass is 187 g/mol. The second-order valence-corrected chi connectivity index (χ2v) is 3.38. The summed E-state index contributed by atoms with van der Waals surface area (Å²) in [6.45, 7) is 6.27. The number of hydrogen-bond donors (Lipinski definition) is 2. The number of aliphatic hydroxyl groups is 1. The minimum absolute atomic E-state index is 0.343. The summed E-state index contributed by atoms with van der Waals surface area (Å²) in [5, 5.41) is 12.5. The molecule has 13 heavy (non-hydrogen) atoms. The SMILES string of the molecule is COCC(O)CCNCC=C(C)C. The van der Waals surface area contributed by atoms with Crippen LogP contribution in [0.5, 0.6) is 0 Å². The molecule has 0 fully saturated rings. The van der Waals surface area contributed by atoms with Gasteiger partial charge in [0.05, 0.1) is 12.7 Å². The summed E-state index contributed by atoms with van der Waals surface area (Å²) in [5.41, 5.74) is 1.31. The molecule has 0 amide bonds. The lowest BCUT2D eigenvalue weighted by Crippen LogP contribution is -2.23. The van der Waals surface area contributed by atoms with Crippen molar-refractivity contribution in [2.45, 2.75) is 26.4 Å². The van der Waals surface area contributed by atoms with Crippen molar-refractivity contribution in [2.75, 3.05) is 26.8 Å². The van der Waals surface area contributed by atoms with Crippen molar-refractivity contribution in [3.05, 3.63) is 11.6 Å². The van der Waals surface area contributed by atoms with Crippen LogP contribution in [-0.2, 0) is 4.74 Å². The van der Waals surface area contributed by atoms with Gasteiger partial charge in [-0.05, 0) is 26.8 Å². The van der Waals surface area contributed by atoms with Gasteiger partial charge < -0.3 is 15.2 Å². The van der Waals surface area contributed by atoms with Crippen molar-refractivity contribution in [1.29, 1.82) is 0 Å². The minimum Gasteiger partial charge on any atom is -0.391 e. The van der Waals surface area contributed by atoms with Crippen molar-refractivity contribution < 1.29 is 9.84 Å². The van der Waals surface area contributed by atoms with E-state index >= 15 is 0 Å². The van der Waals surface area contributed by atoms with Crippen molar-refractivity contribution >= 4 is 0 Å². The maximum absolute atomic E-state index is 9.28. The van der Waals surface area contributed by atoms with Crippen LogP contribution in [-0.4, -0.2) is 38.0 Å². The first-order valence-electron chi connectivity index (χ1n) is 4.68. The molecule has 0 bridgehead atoms. The lowest BCUT2D eigenvalue weighted by molar-refractivity contribution is 0.0596. The molecule has 0 aromatic heterocycles. The molecule has 0 aromatic carbocycles. The van der Waals surface area contributed by atoms with Gasteiger partial charge in [0.25, 0.3) is 0 Å². The Morgan fingerprint density at radius 3 is 2.77 bits per heavy atom. The highest BCUT2D eigenvalue weighted by atomic mass is 16.5. The van der Waals surface area contributed by atoms with Crippen LogP contribution < -0.4 is 5.32 Å². The highest BCUT2D eigenvalue weighted by molar-refractivity contribution is 4.94. The van der Waals surface area contributed by atoms with Crippen LogP contribution in [0.1, 0.15) is 20.3 Å². The van der Waals surface area contributed by atoms with Gasteiger partial charge in [0.2, 0.25) is 0 Å². The maximum atomic E-state index is 9.28. The van der Waals surface area contributed by atoms with E-state index in [9.17, 15) is 5.11 Å². The van der Waals surface area contributed by atoms with E-state index in [0.717, 1.165) is 19.5 Å². The normalized spacial score (nSPS) is 12.6. The quantitative estimate of drug-likeness (QED) is 0.460. The predicted octanol–water partition coefficient (Wildman–Crippen LogP) is 0.940. The number of hydrogen-bond acceptors (Lipinski definition) is 3. The van der Waals surface area contributed by atoms with E-state index in [4.69, 9.17) is 4.74 Å². The summed E-state index contributed by atoms with van der Waals surface area (Å²) in [7, 11) is 1.60. The van der Waals surface area contributed by atoms with Gasteiger partial charge in [-0.1, -0.05) is 11.6 Å². The molecule has 0 saturated carbocycles. The molecule has 3 nitrogen and oxygen atoms in total. The number of allylic oxidation sites excluding steroid dienone is 1. The Balaban J connectivity index is 3.20. The lowest BCUT2D eigenvalue weighted by Gasteiger charge is -2.08. The third kappa shape index (κ3) is 9.53. The summed E-state index contributed by atoms with van der Waals surface area (Å²) in [6, 6.07) is 0. The highest BCUT2D eigenvalue weighted by Gasteiger charge is 2.00. The van der Waals surface area contributed by atoms with Gasteiger partial charge >= 0.3 is 0 Å². The summed E-state index contributed by atoms with van der Waals surface area (Å²) < 4.78 is 4.81. The van der Waals surface area contributed by atoms with Crippen molar-refractivity contribution in [3.8, 4) is 0 Å². The van der Waals surface area contributed by atoms with Gasteiger partial charge in [-0.2, -0.15) is 0 Å². The molecule has 0 spiro atoms. The molecular weight excluding hydrogens is 166 g/mol. The number of ether oxygens (including phenoxy) is 1. The van der Waals surface area contributed by atoms with E-state index in [1.807, 2.05) is 0 Å². The summed E-state index contributed by atoms with van der Waals surface area (Å²) >= 11 is 0. The Labute approximate surface area is 80.8 Å². The number of methoxy groups -OCH3 is 1. The van der Waals surface area contributed by atoms with E-state index in [-0.39, 0.29) is 6.10 Å². The van der Waals surface area contributed by atoms with Gasteiger partial charge in [0, 0.05) is 13.7 Å². The zero-order valence-electron chi connectivity index (χ0n) is 8.84. The maximum Gasteiger partial charge on any atom is 0.0785 e. The van der Waals surface area contributed by atoms with E-state index in [1.165, 1.54) is 5.57 Å². The van der Waals surface area contributed by atoms with Crippen molar-refractivity contribution in [2.24, 2.45) is 0 Å². The van der Waals surface area contributed by atoms with Gasteiger partial charge in [-0.3, -0.25) is 0 Å². The fourth-order valence-electron chi connectivity index (χ4n) is 0.923. The first-order chi connectivity index (χ1) is 6.16. The predicted molar refractivity (Wildman–Crippen MR) is 54.8 cm³/mol. The first-order valence-corrected chi connectivity index (χ1v) is 4.68. The Morgan fingerprint density at radius 2 is 2.23 bits per heavy atom. The molecule has 1 atom stereocenters. The van der Waals surface area contributed by atoms with Crippen LogP contribution in [0, 0.1) is 0 Å². The molecule has 0 aromatic rings. The number of aliphatic hydroxyl groups excluding tert-OH is 1. The van der Waals surface area contributed by atoms with Gasteiger partial charge in [-0.15, -0.1) is 0 Å². The van der Waals surface area contributed by atoms with E-state index in [0.29, 0.717) is 6.61 Å². The van der Waals surface area contributed by atoms with Gasteiger partial charge in [-0.25, -0.2) is 0 Å². The third-order valence-electron chi connectivity index (χ3n) is 1.67. The summed E-state index contributed by atoms with van der Waals surface area (Å²) in [4.78, 5) is 0. The first kappa shape index (κ1) is 12.6. The molecule has 2 N–H and O–H groups in total. The Kier molecular flexibility index (Phi) is 7.99. The standard InChI is InChI=1S/C10H21NO2/c1-9(2)4-6-11-7-5-10(12)8-13-3/h4,10-12H,5-8H2,1-3H3. The summed E-state index contributed by atoms with van der Waals surface area (Å²) in [6.07, 6.45) is 2.52. The molecule has 78 valence electrons. The van der Waals surface area contributed by atoms with Crippen LogP contribution in [0.15, 0.2) is 11.6 Å². The number of rotatable bonds is 7. The van der Waals surface area contributed by atoms with Crippen LogP contribution in [0.4, 0.5) is 0 Å². The van der Waals surface area contributed by atoms with E-state index in [1.54, 1.807) is 7.11 Å². The van der Waals surface area contributed by atoms with Crippen LogP contribution in [0.2, 0.25) is 0 Å². The molecule has 0 radical (unpaired) electrons. The highest BCUT2D eigenvalue weighted by Crippen LogP contribution is 1.90. The van der Waals surface area contributed by atoms with Gasteiger partial charge in [0.15, 0.2) is 0 Å². The average molecular weight is 187 g/mol. The van der Waals surface area contributed by atoms with Crippen molar-refractivity contribution in [3.63, 3.8) is 0 Å². The lowest BCUT2D eigenvalue weighted by atomic mass is 10.2. The number of nitrogens with one attached hydrogen (secondary N) is 1. The largest absolute Gasteiger partial charge is 0.391 e. The second-order valence-electron chi connectivity index (χ2n) is 3.38. The smallest absolute Gasteiger partial charge is 0.0785 e. The summed E-state index contributed by atoms with van der Waals surface area (Å²) in [5.74, 6) is 0. The third-order valence-corrected chi connectivity index (χ3v) is 1.67. The molecule has 0 aliphatic heterocycles. The topological polar surface area (TPSA) is 41.5 Å². The zero-order chi connectivity index (χ0) is 10.1. The van der Waals surface area contributed by atoms with E-state index < -0.39 is 0 Å². The van der Waals surface area contributed by atoms with E-state index in [2.05, 4.69) is 25.2 Å². The molecule has 0 aliphatic rings. The second kappa shape index (κ2) is 8.23. The molecular formula is C10H21NO2. The van der Waals surface area contributed by atoms with Crippen LogP contribution in [0.25, 0.3) is 0 Å². The van der Waals surface area contributed by atoms with Gasteiger partial charge in [0.1, 0.15) is 0 Å². The Hall–Kier alpha value is -0.380. The molecule has 3 heteroatoms. The molecule has 0 saturated heterocycles. The average Bonchev–Trinajstić information content (AvgIpc) is 2.03. The zero-order valence-corrected chi connectivity index (χ0v) is 8.84. The molecule has 1 unspecified atom stereocenters. The van der Waals surface area contributed by atoms with Crippen molar-refractivity contribution in [1.82, 2.24) is 5.32 Å². The Morgan fingerprint density at radius 1 is 1.54 bits per heavy atom. The fourth-order valence-corrected chi connectivity index (χ4v) is 0.923. The molecule has 0 aliphatic carbocycles.